The maximum absolute atomic E-state index is 10.8. The lowest BCUT2D eigenvalue weighted by atomic mass is 10.4. The lowest BCUT2D eigenvalue weighted by Crippen LogP contribution is -2.26. The van der Waals surface area contributed by atoms with Crippen molar-refractivity contribution in [1.82, 2.24) is 5.32 Å². The highest BCUT2D eigenvalue weighted by Crippen LogP contribution is 1.87. The van der Waals surface area contributed by atoms with Crippen molar-refractivity contribution in [2.45, 2.75) is 33.1 Å². The number of unbranched alkanes of at least 4 members (excludes halogenated alkanes) is 1. The third kappa shape index (κ3) is 11.3. The number of carbonyl (C=O) groups excluding carboxylic acids is 1. The number of hydrogen-bond acceptors (Lipinski definition) is 3. The van der Waals surface area contributed by atoms with Gasteiger partial charge in [-0.1, -0.05) is 20.3 Å². The van der Waals surface area contributed by atoms with Crippen LogP contribution in [-0.4, -0.2) is 38.9 Å². The Morgan fingerprint density at radius 1 is 1.07 bits per heavy atom. The van der Waals surface area contributed by atoms with Gasteiger partial charge in [-0.3, -0.25) is 4.79 Å². The summed E-state index contributed by atoms with van der Waals surface area (Å²) in [4.78, 5) is 10.8. The summed E-state index contributed by atoms with van der Waals surface area (Å²) in [5, 5.41) is 2.74. The monoisotopic (exact) mass is 217 g/mol. The first-order valence-electron chi connectivity index (χ1n) is 5.73. The second-order valence-corrected chi connectivity index (χ2v) is 3.28. The highest BCUT2D eigenvalue weighted by Gasteiger charge is 1.94. The SMILES string of the molecule is CCCCOCCOCCNC(=O)CC. The highest BCUT2D eigenvalue weighted by atomic mass is 16.5. The second-order valence-electron chi connectivity index (χ2n) is 3.28. The Kier molecular flexibility index (Phi) is 11.0. The molecule has 0 aromatic heterocycles. The van der Waals surface area contributed by atoms with E-state index >= 15 is 0 Å². The van der Waals surface area contributed by atoms with Gasteiger partial charge in [0, 0.05) is 19.6 Å². The van der Waals surface area contributed by atoms with Gasteiger partial charge in [0.25, 0.3) is 0 Å². The number of rotatable bonds is 10. The first kappa shape index (κ1) is 14.4. The van der Waals surface area contributed by atoms with Crippen LogP contribution in [0, 0.1) is 0 Å². The summed E-state index contributed by atoms with van der Waals surface area (Å²) in [5.74, 6) is 0.0674. The van der Waals surface area contributed by atoms with Crippen molar-refractivity contribution in [1.29, 1.82) is 0 Å². The Morgan fingerprint density at radius 3 is 2.33 bits per heavy atom. The van der Waals surface area contributed by atoms with Crippen molar-refractivity contribution in [2.75, 3.05) is 33.0 Å². The molecule has 90 valence electrons. The summed E-state index contributed by atoms with van der Waals surface area (Å²) in [7, 11) is 0. The Bertz CT molecular complexity index is 151. The van der Waals surface area contributed by atoms with Gasteiger partial charge in [0.05, 0.1) is 19.8 Å². The summed E-state index contributed by atoms with van der Waals surface area (Å²) >= 11 is 0. The van der Waals surface area contributed by atoms with Crippen LogP contribution >= 0.6 is 0 Å². The average Bonchev–Trinajstić information content (AvgIpc) is 2.26. The van der Waals surface area contributed by atoms with E-state index in [4.69, 9.17) is 9.47 Å². The summed E-state index contributed by atoms with van der Waals surface area (Å²) < 4.78 is 10.6. The number of carbonyl (C=O) groups is 1. The Labute approximate surface area is 92.3 Å². The summed E-state index contributed by atoms with van der Waals surface area (Å²) in [6.45, 7) is 7.17. The zero-order chi connectivity index (χ0) is 11.4. The van der Waals surface area contributed by atoms with Crippen LogP contribution < -0.4 is 5.32 Å². The topological polar surface area (TPSA) is 47.6 Å². The summed E-state index contributed by atoms with van der Waals surface area (Å²) in [5.41, 5.74) is 0. The fraction of sp³-hybridized carbons (Fsp3) is 0.909. The van der Waals surface area contributed by atoms with Gasteiger partial charge >= 0.3 is 0 Å². The van der Waals surface area contributed by atoms with Gasteiger partial charge in [-0.05, 0) is 6.42 Å². The van der Waals surface area contributed by atoms with E-state index < -0.39 is 0 Å². The summed E-state index contributed by atoms with van der Waals surface area (Å²) in [6, 6.07) is 0. The molecule has 0 saturated heterocycles. The molecule has 0 aliphatic heterocycles. The van der Waals surface area contributed by atoms with E-state index in [-0.39, 0.29) is 5.91 Å². The van der Waals surface area contributed by atoms with Crippen molar-refractivity contribution in [3.8, 4) is 0 Å². The van der Waals surface area contributed by atoms with Crippen LogP contribution in [-0.2, 0) is 14.3 Å². The molecule has 0 aliphatic carbocycles. The number of hydrogen-bond donors (Lipinski definition) is 1. The van der Waals surface area contributed by atoms with E-state index in [1.165, 1.54) is 0 Å². The van der Waals surface area contributed by atoms with E-state index in [1.807, 2.05) is 6.92 Å². The molecular weight excluding hydrogens is 194 g/mol. The molecule has 1 amide bonds. The fourth-order valence-electron chi connectivity index (χ4n) is 0.956. The van der Waals surface area contributed by atoms with Crippen LogP contribution in [0.3, 0.4) is 0 Å². The molecule has 0 aliphatic rings. The minimum absolute atomic E-state index is 0.0674. The van der Waals surface area contributed by atoms with Crippen molar-refractivity contribution in [3.63, 3.8) is 0 Å². The van der Waals surface area contributed by atoms with Crippen LogP contribution in [0.1, 0.15) is 33.1 Å². The first-order valence-corrected chi connectivity index (χ1v) is 5.73. The molecule has 0 aromatic rings. The quantitative estimate of drug-likeness (QED) is 0.562. The van der Waals surface area contributed by atoms with E-state index in [1.54, 1.807) is 0 Å². The molecule has 1 N–H and O–H groups in total. The molecule has 0 heterocycles. The largest absolute Gasteiger partial charge is 0.379 e. The minimum Gasteiger partial charge on any atom is -0.379 e. The zero-order valence-corrected chi connectivity index (χ0v) is 9.88. The van der Waals surface area contributed by atoms with Crippen molar-refractivity contribution in [2.24, 2.45) is 0 Å². The smallest absolute Gasteiger partial charge is 0.219 e. The van der Waals surface area contributed by atoms with E-state index in [0.717, 1.165) is 19.4 Å². The van der Waals surface area contributed by atoms with Gasteiger partial charge in [-0.25, -0.2) is 0 Å². The average molecular weight is 217 g/mol. The van der Waals surface area contributed by atoms with Gasteiger partial charge in [-0.15, -0.1) is 0 Å². The molecule has 4 heteroatoms. The number of nitrogens with one attached hydrogen (secondary N) is 1. The molecule has 0 atom stereocenters. The third-order valence-corrected chi connectivity index (χ3v) is 1.90. The minimum atomic E-state index is 0.0674. The predicted octanol–water partition coefficient (Wildman–Crippen LogP) is 1.35. The molecule has 0 aromatic carbocycles. The van der Waals surface area contributed by atoms with Crippen molar-refractivity contribution in [3.05, 3.63) is 0 Å². The number of ether oxygens (including phenoxy) is 2. The summed E-state index contributed by atoms with van der Waals surface area (Å²) in [6.07, 6.45) is 2.79. The third-order valence-electron chi connectivity index (χ3n) is 1.90. The van der Waals surface area contributed by atoms with Crippen LogP contribution in [0.2, 0.25) is 0 Å². The van der Waals surface area contributed by atoms with Gasteiger partial charge in [0.15, 0.2) is 0 Å². The Hall–Kier alpha value is -0.610. The molecule has 0 radical (unpaired) electrons. The molecule has 0 rings (SSSR count). The Morgan fingerprint density at radius 2 is 1.73 bits per heavy atom. The Balaban J connectivity index is 2.95. The van der Waals surface area contributed by atoms with Crippen LogP contribution in [0.25, 0.3) is 0 Å². The first-order chi connectivity index (χ1) is 7.31. The lowest BCUT2D eigenvalue weighted by Gasteiger charge is -2.06. The van der Waals surface area contributed by atoms with E-state index in [2.05, 4.69) is 12.2 Å². The second kappa shape index (κ2) is 11.5. The zero-order valence-electron chi connectivity index (χ0n) is 9.88. The number of amides is 1. The lowest BCUT2D eigenvalue weighted by molar-refractivity contribution is -0.121. The van der Waals surface area contributed by atoms with Crippen molar-refractivity contribution < 1.29 is 14.3 Å². The van der Waals surface area contributed by atoms with Crippen LogP contribution in [0.4, 0.5) is 0 Å². The highest BCUT2D eigenvalue weighted by molar-refractivity contribution is 5.75. The predicted molar refractivity (Wildman–Crippen MR) is 59.8 cm³/mol. The molecule has 0 bridgehead atoms. The van der Waals surface area contributed by atoms with Gasteiger partial charge in [0.1, 0.15) is 0 Å². The molecule has 4 nitrogen and oxygen atoms in total. The van der Waals surface area contributed by atoms with Gasteiger partial charge in [0.2, 0.25) is 5.91 Å². The normalized spacial score (nSPS) is 10.3. The molecular formula is C11H23NO3. The molecule has 15 heavy (non-hydrogen) atoms. The molecule has 0 fully saturated rings. The fourth-order valence-corrected chi connectivity index (χ4v) is 0.956. The van der Waals surface area contributed by atoms with E-state index in [0.29, 0.717) is 32.8 Å². The van der Waals surface area contributed by atoms with Gasteiger partial charge < -0.3 is 14.8 Å². The molecule has 0 unspecified atom stereocenters. The van der Waals surface area contributed by atoms with Crippen molar-refractivity contribution >= 4 is 5.91 Å². The standard InChI is InChI=1S/C11H23NO3/c1-3-5-7-14-9-10-15-8-6-12-11(13)4-2/h3-10H2,1-2H3,(H,12,13). The van der Waals surface area contributed by atoms with E-state index in [9.17, 15) is 4.79 Å². The molecule has 0 saturated carbocycles. The molecule has 0 spiro atoms. The van der Waals surface area contributed by atoms with Crippen LogP contribution in [0.15, 0.2) is 0 Å². The van der Waals surface area contributed by atoms with Crippen LogP contribution in [0.5, 0.6) is 0 Å². The maximum Gasteiger partial charge on any atom is 0.219 e. The maximum atomic E-state index is 10.8. The van der Waals surface area contributed by atoms with Gasteiger partial charge in [-0.2, -0.15) is 0 Å².